The number of nitrogens with zero attached hydrogens (tertiary/aromatic N) is 1. The molecule has 0 bridgehead atoms. The molecule has 6 nitrogen and oxygen atoms in total. The molecule has 24 heavy (non-hydrogen) atoms. The van der Waals surface area contributed by atoms with E-state index in [0.29, 0.717) is 5.69 Å². The zero-order valence-electron chi connectivity index (χ0n) is 12.9. The van der Waals surface area contributed by atoms with E-state index in [9.17, 15) is 14.7 Å². The standard InChI is InChI=1S/C18H18N2O4/c21-15-10-16(17(22)23)20(11-15)18(24)19-14-8-6-13(7-9-14)12-4-2-1-3-5-12/h1-9,15-16,21H,10-11H2,(H,19,24)(H,22,23)/t15-,16+/m1/s1. The fourth-order valence-electron chi connectivity index (χ4n) is 2.84. The number of carbonyl (C=O) groups excluding carboxylic acids is 1. The largest absolute Gasteiger partial charge is 0.480 e. The molecule has 3 N–H and O–H groups in total. The fourth-order valence-corrected chi connectivity index (χ4v) is 2.84. The van der Waals surface area contributed by atoms with Crippen LogP contribution in [0.3, 0.4) is 0 Å². The van der Waals surface area contributed by atoms with E-state index in [2.05, 4.69) is 5.32 Å². The highest BCUT2D eigenvalue weighted by atomic mass is 16.4. The Hall–Kier alpha value is -2.86. The molecule has 6 heteroatoms. The lowest BCUT2D eigenvalue weighted by Crippen LogP contribution is -2.43. The van der Waals surface area contributed by atoms with Gasteiger partial charge in [-0.1, -0.05) is 42.5 Å². The molecule has 0 radical (unpaired) electrons. The third-order valence-corrected chi connectivity index (χ3v) is 4.07. The Morgan fingerprint density at radius 3 is 2.25 bits per heavy atom. The van der Waals surface area contributed by atoms with Crippen LogP contribution in [-0.4, -0.2) is 45.8 Å². The first kappa shape index (κ1) is 16.0. The lowest BCUT2D eigenvalue weighted by molar-refractivity contribution is -0.141. The number of hydrogen-bond donors (Lipinski definition) is 3. The third-order valence-electron chi connectivity index (χ3n) is 4.07. The van der Waals surface area contributed by atoms with Crippen molar-refractivity contribution >= 4 is 17.7 Å². The first-order chi connectivity index (χ1) is 11.5. The Labute approximate surface area is 139 Å². The number of benzene rings is 2. The maximum Gasteiger partial charge on any atom is 0.326 e. The molecule has 0 aromatic heterocycles. The van der Waals surface area contributed by atoms with E-state index in [-0.39, 0.29) is 13.0 Å². The second-order valence-corrected chi connectivity index (χ2v) is 5.77. The summed E-state index contributed by atoms with van der Waals surface area (Å²) in [6.07, 6.45) is -0.757. The SMILES string of the molecule is O=C(O)[C@@H]1C[C@@H](O)CN1C(=O)Nc1ccc(-c2ccccc2)cc1. The normalized spacial score (nSPS) is 20.0. The average Bonchev–Trinajstić information content (AvgIpc) is 2.99. The minimum Gasteiger partial charge on any atom is -0.480 e. The van der Waals surface area contributed by atoms with Gasteiger partial charge >= 0.3 is 12.0 Å². The molecule has 1 saturated heterocycles. The van der Waals surface area contributed by atoms with Gasteiger partial charge in [-0.05, 0) is 23.3 Å². The first-order valence-electron chi connectivity index (χ1n) is 7.68. The lowest BCUT2D eigenvalue weighted by atomic mass is 10.1. The molecule has 124 valence electrons. The summed E-state index contributed by atoms with van der Waals surface area (Å²) in [6, 6.07) is 15.6. The molecule has 3 rings (SSSR count). The van der Waals surface area contributed by atoms with Crippen LogP contribution in [0.2, 0.25) is 0 Å². The summed E-state index contributed by atoms with van der Waals surface area (Å²) in [7, 11) is 0. The fraction of sp³-hybridized carbons (Fsp3) is 0.222. The predicted octanol–water partition coefficient (Wildman–Crippen LogP) is 2.41. The summed E-state index contributed by atoms with van der Waals surface area (Å²) < 4.78 is 0. The molecule has 0 aliphatic carbocycles. The van der Waals surface area contributed by atoms with Gasteiger partial charge in [0.2, 0.25) is 0 Å². The number of β-amino-alcohol motifs (C(OH)–C–C–N with tert-alkyl or cyclic N) is 1. The second-order valence-electron chi connectivity index (χ2n) is 5.77. The summed E-state index contributed by atoms with van der Waals surface area (Å²) in [5.41, 5.74) is 2.67. The monoisotopic (exact) mass is 326 g/mol. The summed E-state index contributed by atoms with van der Waals surface area (Å²) in [4.78, 5) is 24.6. The average molecular weight is 326 g/mol. The first-order valence-corrected chi connectivity index (χ1v) is 7.68. The number of anilines is 1. The second kappa shape index (κ2) is 6.72. The number of amides is 2. The minimum absolute atomic E-state index is 0.0187. The zero-order valence-corrected chi connectivity index (χ0v) is 12.9. The van der Waals surface area contributed by atoms with E-state index in [0.717, 1.165) is 16.0 Å². The number of carboxylic acid groups (broad SMARTS) is 1. The molecule has 2 aromatic carbocycles. The number of aliphatic hydroxyl groups is 1. The van der Waals surface area contributed by atoms with Crippen LogP contribution in [0.5, 0.6) is 0 Å². The number of aliphatic hydroxyl groups excluding tert-OH is 1. The van der Waals surface area contributed by atoms with Gasteiger partial charge in [0.25, 0.3) is 0 Å². The van der Waals surface area contributed by atoms with E-state index < -0.39 is 24.1 Å². The van der Waals surface area contributed by atoms with Gasteiger partial charge in [0.15, 0.2) is 0 Å². The number of carbonyl (C=O) groups is 2. The van der Waals surface area contributed by atoms with E-state index >= 15 is 0 Å². The summed E-state index contributed by atoms with van der Waals surface area (Å²) >= 11 is 0. The molecule has 1 heterocycles. The highest BCUT2D eigenvalue weighted by molar-refractivity contribution is 5.93. The highest BCUT2D eigenvalue weighted by Gasteiger charge is 2.38. The van der Waals surface area contributed by atoms with Crippen molar-refractivity contribution in [3.63, 3.8) is 0 Å². The number of urea groups is 1. The van der Waals surface area contributed by atoms with Crippen molar-refractivity contribution in [2.45, 2.75) is 18.6 Å². The Bertz CT molecular complexity index is 730. The zero-order chi connectivity index (χ0) is 17.1. The van der Waals surface area contributed by atoms with Crippen LogP contribution in [0.25, 0.3) is 11.1 Å². The van der Waals surface area contributed by atoms with Gasteiger partial charge in [-0.15, -0.1) is 0 Å². The van der Waals surface area contributed by atoms with Gasteiger partial charge in [-0.2, -0.15) is 0 Å². The molecule has 2 amide bonds. The summed E-state index contributed by atoms with van der Waals surface area (Å²) in [5.74, 6) is -1.11. The molecule has 0 spiro atoms. The summed E-state index contributed by atoms with van der Waals surface area (Å²) in [6.45, 7) is 0.0187. The number of carboxylic acids is 1. The molecular weight excluding hydrogens is 308 g/mol. The third kappa shape index (κ3) is 3.38. The van der Waals surface area contributed by atoms with Crippen molar-refractivity contribution in [3.8, 4) is 11.1 Å². The number of likely N-dealkylation sites (tertiary alicyclic amines) is 1. The molecule has 1 aliphatic heterocycles. The van der Waals surface area contributed by atoms with Crippen molar-refractivity contribution in [2.24, 2.45) is 0 Å². The number of hydrogen-bond acceptors (Lipinski definition) is 3. The van der Waals surface area contributed by atoms with Gasteiger partial charge in [0.05, 0.1) is 6.10 Å². The van der Waals surface area contributed by atoms with Crippen LogP contribution in [0.4, 0.5) is 10.5 Å². The van der Waals surface area contributed by atoms with E-state index in [1.807, 2.05) is 42.5 Å². The number of rotatable bonds is 3. The van der Waals surface area contributed by atoms with Crippen LogP contribution >= 0.6 is 0 Å². The van der Waals surface area contributed by atoms with E-state index in [4.69, 9.17) is 5.11 Å². The molecule has 1 fully saturated rings. The molecule has 0 unspecified atom stereocenters. The van der Waals surface area contributed by atoms with Crippen molar-refractivity contribution in [1.82, 2.24) is 4.90 Å². The molecule has 2 aromatic rings. The van der Waals surface area contributed by atoms with Crippen LogP contribution in [0.15, 0.2) is 54.6 Å². The Balaban J connectivity index is 1.70. The minimum atomic E-state index is -1.11. The van der Waals surface area contributed by atoms with Gasteiger partial charge in [0, 0.05) is 18.7 Å². The van der Waals surface area contributed by atoms with E-state index in [1.165, 1.54) is 0 Å². The molecule has 0 saturated carbocycles. The van der Waals surface area contributed by atoms with Crippen molar-refractivity contribution in [2.75, 3.05) is 11.9 Å². The van der Waals surface area contributed by atoms with E-state index in [1.54, 1.807) is 12.1 Å². The van der Waals surface area contributed by atoms with Gasteiger partial charge < -0.3 is 20.4 Å². The molecule has 2 atom stereocenters. The highest BCUT2D eigenvalue weighted by Crippen LogP contribution is 2.23. The van der Waals surface area contributed by atoms with Crippen molar-refractivity contribution in [1.29, 1.82) is 0 Å². The van der Waals surface area contributed by atoms with Crippen molar-refractivity contribution in [3.05, 3.63) is 54.6 Å². The summed E-state index contributed by atoms with van der Waals surface area (Å²) in [5, 5.41) is 21.4. The molecule has 1 aliphatic rings. The Morgan fingerprint density at radius 2 is 1.62 bits per heavy atom. The predicted molar refractivity (Wildman–Crippen MR) is 89.7 cm³/mol. The molecular formula is C18H18N2O4. The maximum absolute atomic E-state index is 12.3. The van der Waals surface area contributed by atoms with Crippen LogP contribution in [-0.2, 0) is 4.79 Å². The van der Waals surface area contributed by atoms with Crippen LogP contribution in [0, 0.1) is 0 Å². The van der Waals surface area contributed by atoms with Crippen LogP contribution < -0.4 is 5.32 Å². The number of nitrogens with one attached hydrogen (secondary N) is 1. The van der Waals surface area contributed by atoms with Crippen molar-refractivity contribution < 1.29 is 19.8 Å². The van der Waals surface area contributed by atoms with Gasteiger partial charge in [-0.25, -0.2) is 9.59 Å². The number of aliphatic carboxylic acids is 1. The smallest absolute Gasteiger partial charge is 0.326 e. The Morgan fingerprint density at radius 1 is 1.00 bits per heavy atom. The lowest BCUT2D eigenvalue weighted by Gasteiger charge is -2.21. The van der Waals surface area contributed by atoms with Gasteiger partial charge in [-0.3, -0.25) is 0 Å². The van der Waals surface area contributed by atoms with Crippen LogP contribution in [0.1, 0.15) is 6.42 Å². The maximum atomic E-state index is 12.3. The Kier molecular flexibility index (Phi) is 4.48. The van der Waals surface area contributed by atoms with Gasteiger partial charge in [0.1, 0.15) is 6.04 Å². The quantitative estimate of drug-likeness (QED) is 0.808. The topological polar surface area (TPSA) is 89.9 Å².